The van der Waals surface area contributed by atoms with Gasteiger partial charge in [-0.3, -0.25) is 0 Å². The number of benzene rings is 1. The summed E-state index contributed by atoms with van der Waals surface area (Å²) in [5, 5.41) is 11.5. The highest BCUT2D eigenvalue weighted by Crippen LogP contribution is 2.32. The van der Waals surface area contributed by atoms with Crippen LogP contribution in [0.15, 0.2) is 22.7 Å². The molecule has 1 aromatic rings. The molecule has 0 aromatic heterocycles. The molecular formula is C11H11BrF3NO4. The Hall–Kier alpha value is -1.48. The third-order valence-electron chi connectivity index (χ3n) is 2.13. The third-order valence-corrected chi connectivity index (χ3v) is 2.75. The number of halogens is 4. The maximum Gasteiger partial charge on any atom is 0.573 e. The van der Waals surface area contributed by atoms with E-state index in [1.807, 2.05) is 0 Å². The highest BCUT2D eigenvalue weighted by Gasteiger charge is 2.32. The van der Waals surface area contributed by atoms with Crippen LogP contribution in [0.3, 0.4) is 0 Å². The van der Waals surface area contributed by atoms with Crippen LogP contribution in [0.2, 0.25) is 0 Å². The van der Waals surface area contributed by atoms with Crippen molar-refractivity contribution < 1.29 is 32.5 Å². The zero-order valence-corrected chi connectivity index (χ0v) is 11.8. The van der Waals surface area contributed by atoms with E-state index in [0.717, 1.165) is 6.07 Å². The predicted octanol–water partition coefficient (Wildman–Crippen LogP) is 2.86. The lowest BCUT2D eigenvalue weighted by molar-refractivity contribution is -0.274. The smallest absolute Gasteiger partial charge is 0.480 e. The van der Waals surface area contributed by atoms with Crippen LogP contribution >= 0.6 is 15.9 Å². The van der Waals surface area contributed by atoms with E-state index in [4.69, 9.17) is 9.84 Å². The molecular weight excluding hydrogens is 347 g/mol. The lowest BCUT2D eigenvalue weighted by Gasteiger charge is -2.16. The first-order chi connectivity index (χ1) is 9.23. The molecule has 0 saturated carbocycles. The molecule has 20 heavy (non-hydrogen) atoms. The molecule has 1 aromatic carbocycles. The molecule has 9 heteroatoms. The van der Waals surface area contributed by atoms with E-state index in [0.29, 0.717) is 5.69 Å². The summed E-state index contributed by atoms with van der Waals surface area (Å²) in [5.41, 5.74) is 0.316. The number of carboxylic acids is 1. The van der Waals surface area contributed by atoms with Crippen LogP contribution in [0.1, 0.15) is 0 Å². The van der Waals surface area contributed by atoms with Gasteiger partial charge in [0.1, 0.15) is 11.8 Å². The maximum absolute atomic E-state index is 12.1. The second-order valence-electron chi connectivity index (χ2n) is 3.68. The van der Waals surface area contributed by atoms with E-state index < -0.39 is 24.1 Å². The van der Waals surface area contributed by atoms with Crippen molar-refractivity contribution in [3.8, 4) is 5.75 Å². The molecule has 0 bridgehead atoms. The number of anilines is 1. The molecule has 0 aliphatic rings. The van der Waals surface area contributed by atoms with Crippen molar-refractivity contribution in [3.63, 3.8) is 0 Å². The van der Waals surface area contributed by atoms with E-state index in [1.165, 1.54) is 19.2 Å². The van der Waals surface area contributed by atoms with Crippen molar-refractivity contribution in [2.24, 2.45) is 0 Å². The fourth-order valence-electron chi connectivity index (χ4n) is 1.34. The minimum Gasteiger partial charge on any atom is -0.480 e. The van der Waals surface area contributed by atoms with E-state index in [1.54, 1.807) is 0 Å². The molecule has 112 valence electrons. The quantitative estimate of drug-likeness (QED) is 0.819. The lowest BCUT2D eigenvalue weighted by Crippen LogP contribution is -2.33. The Morgan fingerprint density at radius 1 is 1.50 bits per heavy atom. The van der Waals surface area contributed by atoms with Gasteiger partial charge < -0.3 is 19.9 Å². The number of nitrogens with one attached hydrogen (secondary N) is 1. The Bertz CT molecular complexity index is 481. The average molecular weight is 358 g/mol. The van der Waals surface area contributed by atoms with E-state index in [9.17, 15) is 18.0 Å². The molecule has 0 aliphatic heterocycles. The van der Waals surface area contributed by atoms with E-state index in [-0.39, 0.29) is 11.1 Å². The fourth-order valence-corrected chi connectivity index (χ4v) is 1.80. The first-order valence-corrected chi connectivity index (χ1v) is 6.06. The van der Waals surface area contributed by atoms with Crippen LogP contribution in [0.25, 0.3) is 0 Å². The summed E-state index contributed by atoms with van der Waals surface area (Å²) >= 11 is 2.92. The molecule has 0 amide bonds. The fraction of sp³-hybridized carbons (Fsp3) is 0.364. The Kier molecular flexibility index (Phi) is 5.63. The molecule has 0 aliphatic carbocycles. The van der Waals surface area contributed by atoms with Gasteiger partial charge in [0.25, 0.3) is 0 Å². The Morgan fingerprint density at radius 3 is 2.60 bits per heavy atom. The van der Waals surface area contributed by atoms with Gasteiger partial charge in [-0.2, -0.15) is 0 Å². The molecule has 0 heterocycles. The Labute approximate surface area is 120 Å². The summed E-state index contributed by atoms with van der Waals surface area (Å²) in [7, 11) is 1.34. The van der Waals surface area contributed by atoms with Crippen molar-refractivity contribution in [2.45, 2.75) is 12.4 Å². The summed E-state index contributed by atoms with van der Waals surface area (Å²) in [5.74, 6) is -1.56. The molecule has 2 N–H and O–H groups in total. The number of aliphatic carboxylic acids is 1. The second kappa shape index (κ2) is 6.80. The van der Waals surface area contributed by atoms with Crippen molar-refractivity contribution in [1.82, 2.24) is 0 Å². The van der Waals surface area contributed by atoms with Gasteiger partial charge in [-0.1, -0.05) is 0 Å². The van der Waals surface area contributed by atoms with Gasteiger partial charge in [-0.25, -0.2) is 4.79 Å². The lowest BCUT2D eigenvalue weighted by atomic mass is 10.2. The molecule has 0 saturated heterocycles. The normalized spacial score (nSPS) is 12.8. The maximum atomic E-state index is 12.1. The SMILES string of the molecule is COCC(Nc1ccc(OC(F)(F)F)c(Br)c1)C(=O)O. The number of rotatable bonds is 6. The number of alkyl halides is 3. The standard InChI is InChI=1S/C11H11BrF3NO4/c1-19-5-8(10(17)18)16-6-2-3-9(7(12)4-6)20-11(13,14)15/h2-4,8,16H,5H2,1H3,(H,17,18). The number of carboxylic acid groups (broad SMARTS) is 1. The van der Waals surface area contributed by atoms with Gasteiger partial charge in [-0.15, -0.1) is 13.2 Å². The molecule has 0 fully saturated rings. The largest absolute Gasteiger partial charge is 0.573 e. The van der Waals surface area contributed by atoms with Crippen molar-refractivity contribution in [3.05, 3.63) is 22.7 Å². The van der Waals surface area contributed by atoms with Crippen LogP contribution < -0.4 is 10.1 Å². The number of ether oxygens (including phenoxy) is 2. The first kappa shape index (κ1) is 16.6. The summed E-state index contributed by atoms with van der Waals surface area (Å²) in [6.45, 7) is -0.0895. The van der Waals surface area contributed by atoms with Crippen LogP contribution in [0.4, 0.5) is 18.9 Å². The average Bonchev–Trinajstić information content (AvgIpc) is 2.30. The minimum absolute atomic E-state index is 0.0429. The van der Waals surface area contributed by atoms with E-state index >= 15 is 0 Å². The van der Waals surface area contributed by atoms with Gasteiger partial charge in [0.05, 0.1) is 11.1 Å². The number of hydrogen-bond donors (Lipinski definition) is 2. The summed E-state index contributed by atoms with van der Waals surface area (Å²) in [4.78, 5) is 10.9. The first-order valence-electron chi connectivity index (χ1n) is 5.26. The Morgan fingerprint density at radius 2 is 2.15 bits per heavy atom. The summed E-state index contributed by atoms with van der Waals surface area (Å²) in [6, 6.07) is 2.62. The van der Waals surface area contributed by atoms with Gasteiger partial charge in [0.15, 0.2) is 0 Å². The van der Waals surface area contributed by atoms with Crippen molar-refractivity contribution in [2.75, 3.05) is 19.0 Å². The van der Waals surface area contributed by atoms with Crippen LogP contribution in [-0.2, 0) is 9.53 Å². The van der Waals surface area contributed by atoms with Gasteiger partial charge in [-0.05, 0) is 34.1 Å². The molecule has 1 atom stereocenters. The van der Waals surface area contributed by atoms with Crippen LogP contribution in [-0.4, -0.2) is 37.2 Å². The van der Waals surface area contributed by atoms with Crippen LogP contribution in [0, 0.1) is 0 Å². The minimum atomic E-state index is -4.79. The molecule has 0 spiro atoms. The molecule has 5 nitrogen and oxygen atoms in total. The Balaban J connectivity index is 2.83. The van der Waals surface area contributed by atoms with Gasteiger partial charge in [0.2, 0.25) is 0 Å². The zero-order chi connectivity index (χ0) is 15.3. The third kappa shape index (κ3) is 5.25. The number of carbonyl (C=O) groups is 1. The summed E-state index contributed by atoms with van der Waals surface area (Å²) in [6.07, 6.45) is -4.79. The number of hydrogen-bond acceptors (Lipinski definition) is 4. The molecule has 0 radical (unpaired) electrons. The van der Waals surface area contributed by atoms with Crippen LogP contribution in [0.5, 0.6) is 5.75 Å². The monoisotopic (exact) mass is 357 g/mol. The van der Waals surface area contributed by atoms with Crippen molar-refractivity contribution >= 4 is 27.6 Å². The topological polar surface area (TPSA) is 67.8 Å². The second-order valence-corrected chi connectivity index (χ2v) is 4.54. The van der Waals surface area contributed by atoms with Gasteiger partial charge >= 0.3 is 12.3 Å². The van der Waals surface area contributed by atoms with Gasteiger partial charge in [0, 0.05) is 12.8 Å². The van der Waals surface area contributed by atoms with E-state index in [2.05, 4.69) is 26.0 Å². The number of methoxy groups -OCH3 is 1. The molecule has 1 rings (SSSR count). The highest BCUT2D eigenvalue weighted by molar-refractivity contribution is 9.10. The highest BCUT2D eigenvalue weighted by atomic mass is 79.9. The zero-order valence-electron chi connectivity index (χ0n) is 10.2. The van der Waals surface area contributed by atoms with Crippen molar-refractivity contribution in [1.29, 1.82) is 0 Å². The molecule has 1 unspecified atom stereocenters. The predicted molar refractivity (Wildman–Crippen MR) is 67.7 cm³/mol. The summed E-state index contributed by atoms with van der Waals surface area (Å²) < 4.78 is 44.8.